The number of pyridine rings is 1. The molecule has 2 unspecified atom stereocenters. The highest BCUT2D eigenvalue weighted by Gasteiger charge is 2.67. The van der Waals surface area contributed by atoms with Crippen molar-refractivity contribution >= 4 is 56.8 Å². The lowest BCUT2D eigenvalue weighted by molar-refractivity contribution is -0.123. The fraction of sp³-hybridized carbons (Fsp3) is 0.324. The first-order valence-electron chi connectivity index (χ1n) is 16.6. The number of hydrogen-bond acceptors (Lipinski definition) is 7. The number of anilines is 1. The molecule has 54 heavy (non-hydrogen) atoms. The van der Waals surface area contributed by atoms with E-state index in [1.54, 1.807) is 36.5 Å². The summed E-state index contributed by atoms with van der Waals surface area (Å²) >= 11 is 5.35. The van der Waals surface area contributed by atoms with Gasteiger partial charge >= 0.3 is 5.69 Å². The summed E-state index contributed by atoms with van der Waals surface area (Å²) < 4.78 is 104. The Kier molecular flexibility index (Phi) is 7.72. The molecule has 1 amide bonds. The van der Waals surface area contributed by atoms with Crippen molar-refractivity contribution in [3.05, 3.63) is 91.7 Å². The van der Waals surface area contributed by atoms with Crippen molar-refractivity contribution in [2.24, 2.45) is 13.0 Å². The van der Waals surface area contributed by atoms with Crippen molar-refractivity contribution in [1.82, 2.24) is 39.8 Å². The van der Waals surface area contributed by atoms with Crippen molar-refractivity contribution in [2.75, 3.05) is 4.31 Å². The van der Waals surface area contributed by atoms with Gasteiger partial charge in [-0.1, -0.05) is 17.7 Å². The fourth-order valence-corrected chi connectivity index (χ4v) is 8.98. The molecule has 0 radical (unpaired) electrons. The number of aryl methyl sites for hydroxylation is 1. The Bertz CT molecular complexity index is 2600. The number of carbonyl (C=O) groups is 1. The number of nitrogens with zero attached hydrogens (tertiary/aromatic N) is 6. The van der Waals surface area contributed by atoms with Crippen molar-refractivity contribution in [2.45, 2.75) is 56.0 Å². The molecule has 12 nitrogen and oxygen atoms in total. The number of aromatic amines is 2. The molecule has 1 aliphatic heterocycles. The molecule has 3 N–H and O–H groups in total. The predicted octanol–water partition coefficient (Wildman–Crippen LogP) is 6.01. The third kappa shape index (κ3) is 5.37. The molecule has 9 rings (SSSR count). The molecule has 5 heterocycles. The molecule has 20 heteroatoms. The lowest BCUT2D eigenvalue weighted by Gasteiger charge is -2.23. The molecular weight excluding hydrogens is 764 g/mol. The zero-order valence-electron chi connectivity index (χ0n) is 27.9. The van der Waals surface area contributed by atoms with Gasteiger partial charge in [0.25, 0.3) is 17.7 Å². The zero-order chi connectivity index (χ0) is 38.1. The van der Waals surface area contributed by atoms with Crippen LogP contribution < -0.4 is 15.3 Å². The molecule has 3 aliphatic rings. The van der Waals surface area contributed by atoms with E-state index >= 15 is 8.78 Å². The van der Waals surface area contributed by atoms with E-state index in [4.69, 9.17) is 11.6 Å². The first-order chi connectivity index (χ1) is 25.6. The van der Waals surface area contributed by atoms with Crippen molar-refractivity contribution in [3.63, 3.8) is 0 Å². The van der Waals surface area contributed by atoms with E-state index in [1.807, 2.05) is 0 Å². The summed E-state index contributed by atoms with van der Waals surface area (Å²) in [5, 5.41) is 11.4. The normalized spacial score (nSPS) is 21.6. The number of hydrogen-bond donors (Lipinski definition) is 3. The van der Waals surface area contributed by atoms with Crippen LogP contribution in [0.25, 0.3) is 33.2 Å². The summed E-state index contributed by atoms with van der Waals surface area (Å²) in [5.41, 5.74) is -0.785. The Morgan fingerprint density at radius 1 is 1.11 bits per heavy atom. The Morgan fingerprint density at radius 2 is 1.83 bits per heavy atom. The lowest BCUT2D eigenvalue weighted by atomic mass is 9.94. The Balaban J connectivity index is 1.19. The van der Waals surface area contributed by atoms with Crippen LogP contribution in [-0.2, 0) is 42.1 Å². The number of aromatic nitrogens is 7. The summed E-state index contributed by atoms with van der Waals surface area (Å²) in [6.07, 6.45) is -3.43. The number of amides is 1. The second-order valence-electron chi connectivity index (χ2n) is 13.6. The van der Waals surface area contributed by atoms with Gasteiger partial charge in [0.05, 0.1) is 33.2 Å². The van der Waals surface area contributed by atoms with Gasteiger partial charge in [-0.05, 0) is 48.6 Å². The molecule has 5 atom stereocenters. The minimum atomic E-state index is -3.48. The molecule has 280 valence electrons. The maximum absolute atomic E-state index is 15.3. The molecule has 2 aliphatic carbocycles. The summed E-state index contributed by atoms with van der Waals surface area (Å²) in [4.78, 5) is 36.2. The van der Waals surface area contributed by atoms with Gasteiger partial charge in [0.15, 0.2) is 5.65 Å². The summed E-state index contributed by atoms with van der Waals surface area (Å²) in [6, 6.07) is 6.25. The largest absolute Gasteiger partial charge is 0.591 e. The highest BCUT2D eigenvalue weighted by molar-refractivity contribution is 8.00. The number of imidazole rings is 1. The number of alkyl halides is 4. The Labute approximate surface area is 307 Å². The molecule has 4 aromatic heterocycles. The number of nitrogens with one attached hydrogen (secondary N) is 3. The van der Waals surface area contributed by atoms with Crippen LogP contribution in [0.5, 0.6) is 0 Å². The highest BCUT2D eigenvalue weighted by atomic mass is 35.5. The van der Waals surface area contributed by atoms with Crippen LogP contribution in [0.4, 0.5) is 32.2 Å². The first-order valence-corrected chi connectivity index (χ1v) is 18.2. The van der Waals surface area contributed by atoms with Crippen LogP contribution in [0, 0.1) is 17.6 Å². The lowest BCUT2D eigenvalue weighted by Crippen LogP contribution is -2.35. The molecule has 6 aromatic rings. The maximum Gasteiger partial charge on any atom is 0.325 e. The Morgan fingerprint density at radius 3 is 2.52 bits per heavy atom. The molecule has 2 fully saturated rings. The second kappa shape index (κ2) is 12.0. The maximum atomic E-state index is 15.3. The minimum Gasteiger partial charge on any atom is -0.591 e. The third-order valence-electron chi connectivity index (χ3n) is 10.2. The van der Waals surface area contributed by atoms with Crippen molar-refractivity contribution in [3.8, 4) is 11.1 Å². The second-order valence-corrected chi connectivity index (χ2v) is 15.7. The standard InChI is InChI=1S/C34H26ClF6N9O3S/c1-12-50(54(12)53)32-25-20(35)4-3-16(28(25)48(2)47-32)17-10-22-31(45-33(52)43-22)44-26(17)21(7-13-5-14(36)8-15(37)6-13)42-23(51)11-49-29-24(27(46-49)30(38)39)18-9-19(18)34(29,40)41/h3-6,8,10,12,18-19,21,30H,7,9,11H2,1-2H3,(H,42,51)(H2,43,44,45,52)/t12-,18-,19?,21-,50?,54?/m0/s1. The van der Waals surface area contributed by atoms with Crippen molar-refractivity contribution in [1.29, 1.82) is 0 Å². The van der Waals surface area contributed by atoms with E-state index in [-0.39, 0.29) is 51.2 Å². The van der Waals surface area contributed by atoms with E-state index < -0.39 is 82.8 Å². The molecular formula is C34H26ClF6N9O3S. The van der Waals surface area contributed by atoms with Crippen LogP contribution in [0.1, 0.15) is 59.9 Å². The minimum absolute atomic E-state index is 0.0348. The summed E-state index contributed by atoms with van der Waals surface area (Å²) in [5.74, 6) is -7.84. The average Bonchev–Trinajstić information content (AvgIpc) is 3.78. The van der Waals surface area contributed by atoms with Crippen LogP contribution in [0.15, 0.2) is 41.2 Å². The smallest absolute Gasteiger partial charge is 0.325 e. The number of fused-ring (bicyclic) bond motifs is 5. The number of carbonyl (C=O) groups excluding carboxylic acids is 1. The molecule has 1 saturated carbocycles. The predicted molar refractivity (Wildman–Crippen MR) is 184 cm³/mol. The topological polar surface area (TPSA) is 152 Å². The number of rotatable bonds is 9. The SMILES string of the molecule is C[C@H]1N(c2nn(C)c3c(-c4cc5[nH]c(=O)[nH]c5nc4[C@H](Cc4cc(F)cc(F)c4)NC(=O)Cn4nc(C(F)F)c5c4C(F)(F)C4C[C@H]54)ccc(Cl)c23)[S+]1[O-]. The van der Waals surface area contributed by atoms with E-state index in [0.717, 1.165) is 12.1 Å². The fourth-order valence-electron chi connectivity index (χ4n) is 7.80. The van der Waals surface area contributed by atoms with Crippen LogP contribution in [0.3, 0.4) is 0 Å². The van der Waals surface area contributed by atoms with Gasteiger partial charge in [0.2, 0.25) is 11.7 Å². The third-order valence-corrected chi connectivity index (χ3v) is 12.0. The van der Waals surface area contributed by atoms with Gasteiger partial charge in [-0.3, -0.25) is 19.1 Å². The molecule has 1 saturated heterocycles. The first kappa shape index (κ1) is 34.7. The highest BCUT2D eigenvalue weighted by Crippen LogP contribution is 2.68. The zero-order valence-corrected chi connectivity index (χ0v) is 29.5. The van der Waals surface area contributed by atoms with Crippen molar-refractivity contribution < 1.29 is 35.7 Å². The van der Waals surface area contributed by atoms with Crippen LogP contribution in [0.2, 0.25) is 5.02 Å². The van der Waals surface area contributed by atoms with Crippen LogP contribution in [-0.4, -0.2) is 50.3 Å². The monoisotopic (exact) mass is 789 g/mol. The number of benzene rings is 2. The van der Waals surface area contributed by atoms with Gasteiger partial charge in [-0.2, -0.15) is 13.9 Å². The number of halogens is 7. The van der Waals surface area contributed by atoms with Gasteiger partial charge in [-0.25, -0.2) is 27.3 Å². The van der Waals surface area contributed by atoms with Gasteiger partial charge in [0, 0.05) is 42.6 Å². The molecule has 0 spiro atoms. The quantitative estimate of drug-likeness (QED) is 0.0922. The van der Waals surface area contributed by atoms with E-state index in [1.165, 1.54) is 4.68 Å². The van der Waals surface area contributed by atoms with E-state index in [9.17, 15) is 31.7 Å². The van der Waals surface area contributed by atoms with Gasteiger partial charge in [0.1, 0.15) is 40.9 Å². The van der Waals surface area contributed by atoms with Gasteiger partial charge < -0.3 is 14.9 Å². The Hall–Kier alpha value is -5.01. The van der Waals surface area contributed by atoms with Gasteiger partial charge in [-0.15, -0.1) is 9.40 Å². The number of H-pyrrole nitrogens is 2. The van der Waals surface area contributed by atoms with E-state index in [0.29, 0.717) is 38.6 Å². The summed E-state index contributed by atoms with van der Waals surface area (Å²) in [7, 11) is 1.64. The molecule has 2 aromatic carbocycles. The van der Waals surface area contributed by atoms with Crippen LogP contribution >= 0.6 is 11.6 Å². The average molecular weight is 790 g/mol. The molecule has 0 bridgehead atoms. The van der Waals surface area contributed by atoms with E-state index in [2.05, 4.69) is 30.5 Å². The summed E-state index contributed by atoms with van der Waals surface area (Å²) in [6.45, 7) is 0.864.